The molecule has 13 heteroatoms. The largest absolute Gasteiger partial charge is 0.326 e. The molecule has 0 bridgehead atoms. The number of carbonyl (C=O) groups excluding carboxylic acids is 1. The second-order valence-electron chi connectivity index (χ2n) is 6.94. The summed E-state index contributed by atoms with van der Waals surface area (Å²) in [5, 5.41) is 4.66. The Morgan fingerprint density at radius 3 is 2.50 bits per heavy atom. The van der Waals surface area contributed by atoms with Crippen LogP contribution in [-0.4, -0.2) is 63.5 Å². The predicted octanol–water partition coefficient (Wildman–Crippen LogP) is 1.40. The van der Waals surface area contributed by atoms with E-state index < -0.39 is 26.2 Å². The molecular weight excluding hydrogens is 450 g/mol. The van der Waals surface area contributed by atoms with Gasteiger partial charge in [-0.2, -0.15) is 17.0 Å². The lowest BCUT2D eigenvalue weighted by molar-refractivity contribution is -0.120. The molecule has 30 heavy (non-hydrogen) atoms. The number of benzene rings is 1. The summed E-state index contributed by atoms with van der Waals surface area (Å²) >= 11 is 1.17. The van der Waals surface area contributed by atoms with Crippen molar-refractivity contribution in [1.29, 1.82) is 0 Å². The maximum absolute atomic E-state index is 12.6. The molecule has 1 unspecified atom stereocenters. The van der Waals surface area contributed by atoms with Crippen LogP contribution in [0.4, 0.5) is 10.8 Å². The molecule has 1 aromatic carbocycles. The van der Waals surface area contributed by atoms with E-state index >= 15 is 0 Å². The molecule has 1 aromatic heterocycles. The number of hydrogen-bond donors (Lipinski definition) is 2. The van der Waals surface area contributed by atoms with Gasteiger partial charge in [-0.1, -0.05) is 0 Å². The van der Waals surface area contributed by atoms with Crippen molar-refractivity contribution in [3.05, 3.63) is 35.8 Å². The monoisotopic (exact) mass is 473 g/mol. The zero-order valence-corrected chi connectivity index (χ0v) is 18.9. The van der Waals surface area contributed by atoms with Crippen LogP contribution in [-0.2, 0) is 25.0 Å². The van der Waals surface area contributed by atoms with Crippen molar-refractivity contribution < 1.29 is 21.6 Å². The maximum Gasteiger partial charge on any atom is 0.281 e. The average molecular weight is 474 g/mol. The van der Waals surface area contributed by atoms with Gasteiger partial charge in [0.2, 0.25) is 5.91 Å². The molecule has 1 amide bonds. The van der Waals surface area contributed by atoms with Crippen LogP contribution in [0.2, 0.25) is 0 Å². The third kappa shape index (κ3) is 5.16. The highest BCUT2D eigenvalue weighted by molar-refractivity contribution is 7.93. The maximum atomic E-state index is 12.6. The Kier molecular flexibility index (Phi) is 6.77. The number of anilines is 2. The average Bonchev–Trinajstić information content (AvgIpc) is 3.20. The molecule has 1 fully saturated rings. The van der Waals surface area contributed by atoms with Crippen molar-refractivity contribution in [1.82, 2.24) is 13.6 Å². The van der Waals surface area contributed by atoms with E-state index in [1.165, 1.54) is 60.2 Å². The Labute approximate surface area is 180 Å². The van der Waals surface area contributed by atoms with Gasteiger partial charge in [0.1, 0.15) is 0 Å². The number of nitrogens with zero attached hydrogens (tertiary/aromatic N) is 3. The van der Waals surface area contributed by atoms with Crippen LogP contribution in [0.15, 0.2) is 40.7 Å². The van der Waals surface area contributed by atoms with Gasteiger partial charge < -0.3 is 5.32 Å². The first kappa shape index (κ1) is 22.6. The van der Waals surface area contributed by atoms with Crippen molar-refractivity contribution in [3.8, 4) is 0 Å². The van der Waals surface area contributed by atoms with Gasteiger partial charge in [0.15, 0.2) is 5.13 Å². The van der Waals surface area contributed by atoms with Crippen molar-refractivity contribution >= 4 is 48.3 Å². The van der Waals surface area contributed by atoms with Crippen molar-refractivity contribution in [2.45, 2.75) is 17.7 Å². The molecule has 3 rings (SSSR count). The van der Waals surface area contributed by atoms with Crippen LogP contribution in [0.3, 0.4) is 0 Å². The van der Waals surface area contributed by atoms with E-state index in [9.17, 15) is 21.6 Å². The molecule has 2 heterocycles. The Bertz CT molecular complexity index is 1080. The van der Waals surface area contributed by atoms with Gasteiger partial charge >= 0.3 is 0 Å². The topological polar surface area (TPSA) is 129 Å². The molecule has 1 saturated heterocycles. The summed E-state index contributed by atoms with van der Waals surface area (Å²) in [5.74, 6) is -0.784. The highest BCUT2D eigenvalue weighted by Crippen LogP contribution is 2.23. The molecule has 0 aliphatic carbocycles. The lowest BCUT2D eigenvalue weighted by Gasteiger charge is -2.32. The van der Waals surface area contributed by atoms with E-state index in [4.69, 9.17) is 0 Å². The molecule has 1 aliphatic heterocycles. The van der Waals surface area contributed by atoms with Gasteiger partial charge in [-0.3, -0.25) is 9.52 Å². The van der Waals surface area contributed by atoms with E-state index in [0.717, 1.165) is 4.31 Å². The van der Waals surface area contributed by atoms with E-state index in [2.05, 4.69) is 15.0 Å². The molecule has 1 atom stereocenters. The summed E-state index contributed by atoms with van der Waals surface area (Å²) in [6.45, 7) is 0.486. The molecule has 0 spiro atoms. The predicted molar refractivity (Wildman–Crippen MR) is 115 cm³/mol. The van der Waals surface area contributed by atoms with Crippen LogP contribution < -0.4 is 10.0 Å². The molecule has 2 aromatic rings. The van der Waals surface area contributed by atoms with E-state index in [1.54, 1.807) is 5.38 Å². The standard InChI is InChI=1S/C17H23N5O5S3/c1-21(2)30(26,27)22-10-3-4-13(12-22)16(23)19-14-5-7-15(8-6-14)29(24,25)20-17-18-9-11-28-17/h5-9,11,13H,3-4,10,12H2,1-2H3,(H,18,20)(H,19,23). The third-order valence-corrected chi connectivity index (χ3v) is 8.71. The fourth-order valence-electron chi connectivity index (χ4n) is 3.01. The fourth-order valence-corrected chi connectivity index (χ4v) is 5.99. The van der Waals surface area contributed by atoms with Gasteiger partial charge in [-0.05, 0) is 37.1 Å². The van der Waals surface area contributed by atoms with Crippen LogP contribution in [0.1, 0.15) is 12.8 Å². The number of thiazole rings is 1. The van der Waals surface area contributed by atoms with E-state index in [0.29, 0.717) is 25.1 Å². The van der Waals surface area contributed by atoms with Crippen LogP contribution >= 0.6 is 11.3 Å². The minimum Gasteiger partial charge on any atom is -0.326 e. The SMILES string of the molecule is CN(C)S(=O)(=O)N1CCCC(C(=O)Nc2ccc(S(=O)(=O)Nc3nccs3)cc2)C1. The number of nitrogens with one attached hydrogen (secondary N) is 2. The molecule has 2 N–H and O–H groups in total. The number of rotatable bonds is 7. The van der Waals surface area contributed by atoms with Crippen LogP contribution in [0.25, 0.3) is 0 Å². The van der Waals surface area contributed by atoms with Gasteiger partial charge in [0, 0.05) is 44.4 Å². The second-order valence-corrected chi connectivity index (χ2v) is 11.7. The highest BCUT2D eigenvalue weighted by Gasteiger charge is 2.33. The number of carbonyl (C=O) groups is 1. The first-order chi connectivity index (χ1) is 14.1. The quantitative estimate of drug-likeness (QED) is 0.625. The first-order valence-electron chi connectivity index (χ1n) is 9.10. The van der Waals surface area contributed by atoms with Crippen LogP contribution in [0.5, 0.6) is 0 Å². The number of amides is 1. The Hall–Kier alpha value is -2.06. The Morgan fingerprint density at radius 2 is 1.90 bits per heavy atom. The Balaban J connectivity index is 1.64. The zero-order valence-electron chi connectivity index (χ0n) is 16.5. The van der Waals surface area contributed by atoms with E-state index in [1.807, 2.05) is 0 Å². The van der Waals surface area contributed by atoms with Crippen molar-refractivity contribution in [3.63, 3.8) is 0 Å². The molecule has 164 valence electrons. The number of sulfonamides is 1. The van der Waals surface area contributed by atoms with Gasteiger partial charge in [-0.15, -0.1) is 11.3 Å². The minimum absolute atomic E-state index is 0.0385. The Morgan fingerprint density at radius 1 is 1.20 bits per heavy atom. The third-order valence-electron chi connectivity index (χ3n) is 4.63. The second kappa shape index (κ2) is 8.98. The van der Waals surface area contributed by atoms with Crippen LogP contribution in [0, 0.1) is 5.92 Å². The lowest BCUT2D eigenvalue weighted by atomic mass is 9.99. The summed E-state index contributed by atoms with van der Waals surface area (Å²) in [6, 6.07) is 5.75. The minimum atomic E-state index is -3.77. The van der Waals surface area contributed by atoms with Gasteiger partial charge in [-0.25, -0.2) is 13.4 Å². The van der Waals surface area contributed by atoms with Gasteiger partial charge in [0.25, 0.3) is 20.2 Å². The molecular formula is C17H23N5O5S3. The lowest BCUT2D eigenvalue weighted by Crippen LogP contribution is -2.47. The highest BCUT2D eigenvalue weighted by atomic mass is 32.2. The number of hydrogen-bond acceptors (Lipinski definition) is 7. The molecule has 10 nitrogen and oxygen atoms in total. The zero-order chi connectivity index (χ0) is 21.9. The summed E-state index contributed by atoms with van der Waals surface area (Å²) in [4.78, 5) is 16.5. The summed E-state index contributed by atoms with van der Waals surface area (Å²) in [7, 11) is -4.43. The number of piperidine rings is 1. The fraction of sp³-hybridized carbons (Fsp3) is 0.412. The molecule has 0 saturated carbocycles. The summed E-state index contributed by atoms with van der Waals surface area (Å²) < 4.78 is 54.2. The molecule has 0 radical (unpaired) electrons. The molecule has 1 aliphatic rings. The number of aromatic nitrogens is 1. The van der Waals surface area contributed by atoms with Gasteiger partial charge in [0.05, 0.1) is 10.8 Å². The first-order valence-corrected chi connectivity index (χ1v) is 12.9. The smallest absolute Gasteiger partial charge is 0.281 e. The summed E-state index contributed by atoms with van der Waals surface area (Å²) in [6.07, 6.45) is 2.66. The van der Waals surface area contributed by atoms with Crippen molar-refractivity contribution in [2.75, 3.05) is 37.2 Å². The normalized spacial score (nSPS) is 18.3. The summed E-state index contributed by atoms with van der Waals surface area (Å²) in [5.41, 5.74) is 0.431. The van der Waals surface area contributed by atoms with Crippen molar-refractivity contribution in [2.24, 2.45) is 5.92 Å². The van der Waals surface area contributed by atoms with E-state index in [-0.39, 0.29) is 22.5 Å².